The molecule has 1 aromatic heterocycles. The monoisotopic (exact) mass is 448 g/mol. The van der Waals surface area contributed by atoms with Crippen molar-refractivity contribution in [1.82, 2.24) is 4.98 Å². The zero-order valence-corrected chi connectivity index (χ0v) is 19.3. The van der Waals surface area contributed by atoms with Crippen LogP contribution in [0.4, 0.5) is 5.13 Å². The lowest BCUT2D eigenvalue weighted by atomic mass is 9.90. The first kappa shape index (κ1) is 22.1. The van der Waals surface area contributed by atoms with Gasteiger partial charge in [-0.15, -0.1) is 11.3 Å². The van der Waals surface area contributed by atoms with Crippen molar-refractivity contribution in [2.24, 2.45) is 0 Å². The SMILES string of the molecule is CCCOc1ccc(/C=C/C(=O)Nc2nc(-c3ccc4c(c3)CCCC4)cs2)cc1OC. The van der Waals surface area contributed by atoms with Gasteiger partial charge in [0.05, 0.1) is 19.4 Å². The van der Waals surface area contributed by atoms with Crippen LogP contribution < -0.4 is 14.8 Å². The molecule has 5 nitrogen and oxygen atoms in total. The van der Waals surface area contributed by atoms with Crippen LogP contribution in [0.15, 0.2) is 47.9 Å². The predicted molar refractivity (Wildman–Crippen MR) is 131 cm³/mol. The summed E-state index contributed by atoms with van der Waals surface area (Å²) in [5.74, 6) is 1.13. The molecule has 0 saturated carbocycles. The van der Waals surface area contributed by atoms with Gasteiger partial charge in [-0.2, -0.15) is 0 Å². The Hall–Kier alpha value is -3.12. The Bertz CT molecular complexity index is 1120. The summed E-state index contributed by atoms with van der Waals surface area (Å²) in [7, 11) is 1.61. The maximum absolute atomic E-state index is 12.4. The molecule has 166 valence electrons. The molecule has 2 aromatic carbocycles. The number of aryl methyl sites for hydroxylation is 2. The second kappa shape index (κ2) is 10.5. The molecular weight excluding hydrogens is 420 g/mol. The van der Waals surface area contributed by atoms with Crippen LogP contribution in [-0.4, -0.2) is 24.6 Å². The molecule has 0 fully saturated rings. The van der Waals surface area contributed by atoms with E-state index in [1.54, 1.807) is 13.2 Å². The number of ether oxygens (including phenoxy) is 2. The summed E-state index contributed by atoms with van der Waals surface area (Å²) < 4.78 is 11.1. The number of nitrogens with zero attached hydrogens (tertiary/aromatic N) is 1. The van der Waals surface area contributed by atoms with Crippen LogP contribution in [-0.2, 0) is 17.6 Å². The van der Waals surface area contributed by atoms with Crippen LogP contribution in [0.1, 0.15) is 42.9 Å². The van der Waals surface area contributed by atoms with E-state index in [-0.39, 0.29) is 5.91 Å². The summed E-state index contributed by atoms with van der Waals surface area (Å²) in [4.78, 5) is 17.0. The number of amides is 1. The number of rotatable bonds is 8. The molecule has 1 amide bonds. The molecule has 1 heterocycles. The molecule has 32 heavy (non-hydrogen) atoms. The Balaban J connectivity index is 1.40. The lowest BCUT2D eigenvalue weighted by Gasteiger charge is -2.16. The van der Waals surface area contributed by atoms with Crippen LogP contribution >= 0.6 is 11.3 Å². The van der Waals surface area contributed by atoms with Crippen molar-refractivity contribution < 1.29 is 14.3 Å². The molecule has 0 saturated heterocycles. The van der Waals surface area contributed by atoms with E-state index in [0.29, 0.717) is 23.2 Å². The van der Waals surface area contributed by atoms with Crippen molar-refractivity contribution in [3.63, 3.8) is 0 Å². The molecule has 4 rings (SSSR count). The van der Waals surface area contributed by atoms with Crippen LogP contribution in [0.5, 0.6) is 11.5 Å². The molecule has 0 atom stereocenters. The van der Waals surface area contributed by atoms with Gasteiger partial charge in [-0.1, -0.05) is 25.1 Å². The fraction of sp³-hybridized carbons (Fsp3) is 0.308. The minimum atomic E-state index is -0.221. The fourth-order valence-corrected chi connectivity index (χ4v) is 4.52. The van der Waals surface area contributed by atoms with Crippen molar-refractivity contribution in [1.29, 1.82) is 0 Å². The van der Waals surface area contributed by atoms with Gasteiger partial charge in [-0.05, 0) is 73.1 Å². The van der Waals surface area contributed by atoms with Crippen molar-refractivity contribution in [3.05, 3.63) is 64.5 Å². The lowest BCUT2D eigenvalue weighted by Crippen LogP contribution is -2.07. The smallest absolute Gasteiger partial charge is 0.250 e. The molecule has 6 heteroatoms. The van der Waals surface area contributed by atoms with E-state index in [1.807, 2.05) is 23.6 Å². The number of hydrogen-bond acceptors (Lipinski definition) is 5. The Kier molecular flexibility index (Phi) is 7.22. The molecule has 1 aliphatic rings. The van der Waals surface area contributed by atoms with Crippen molar-refractivity contribution in [2.45, 2.75) is 39.0 Å². The first-order chi connectivity index (χ1) is 15.7. The third-order valence-corrected chi connectivity index (χ3v) is 6.21. The van der Waals surface area contributed by atoms with E-state index in [1.165, 1.54) is 47.8 Å². The maximum Gasteiger partial charge on any atom is 0.250 e. The highest BCUT2D eigenvalue weighted by Gasteiger charge is 2.12. The van der Waals surface area contributed by atoms with Crippen LogP contribution in [0.2, 0.25) is 0 Å². The van der Waals surface area contributed by atoms with Crippen molar-refractivity contribution >= 4 is 28.5 Å². The minimum absolute atomic E-state index is 0.221. The van der Waals surface area contributed by atoms with Crippen molar-refractivity contribution in [2.75, 3.05) is 19.0 Å². The summed E-state index contributed by atoms with van der Waals surface area (Å²) in [6.45, 7) is 2.69. The summed E-state index contributed by atoms with van der Waals surface area (Å²) in [5, 5.41) is 5.44. The Labute approximate surface area is 193 Å². The van der Waals surface area contributed by atoms with Crippen LogP contribution in [0, 0.1) is 0 Å². The number of benzene rings is 2. The maximum atomic E-state index is 12.4. The van der Waals surface area contributed by atoms with Gasteiger partial charge >= 0.3 is 0 Å². The van der Waals surface area contributed by atoms with E-state index in [9.17, 15) is 4.79 Å². The highest BCUT2D eigenvalue weighted by atomic mass is 32.1. The fourth-order valence-electron chi connectivity index (χ4n) is 3.79. The van der Waals surface area contributed by atoms with Gasteiger partial charge < -0.3 is 9.47 Å². The van der Waals surface area contributed by atoms with Crippen LogP contribution in [0.25, 0.3) is 17.3 Å². The number of fused-ring (bicyclic) bond motifs is 1. The van der Waals surface area contributed by atoms with Crippen LogP contribution in [0.3, 0.4) is 0 Å². The molecule has 1 aliphatic carbocycles. The average molecular weight is 449 g/mol. The first-order valence-corrected chi connectivity index (χ1v) is 11.9. The van der Waals surface area contributed by atoms with Crippen molar-refractivity contribution in [3.8, 4) is 22.8 Å². The second-order valence-corrected chi connectivity index (χ2v) is 8.67. The first-order valence-electron chi connectivity index (χ1n) is 11.0. The number of aromatic nitrogens is 1. The number of carbonyl (C=O) groups excluding carboxylic acids is 1. The van der Waals surface area contributed by atoms with E-state index >= 15 is 0 Å². The predicted octanol–water partition coefficient (Wildman–Crippen LogP) is 6.14. The quantitative estimate of drug-likeness (QED) is 0.421. The lowest BCUT2D eigenvalue weighted by molar-refractivity contribution is -0.111. The molecule has 0 spiro atoms. The number of nitrogens with one attached hydrogen (secondary N) is 1. The van der Waals surface area contributed by atoms with E-state index < -0.39 is 0 Å². The van der Waals surface area contributed by atoms with Gasteiger partial charge in [0.15, 0.2) is 16.6 Å². The van der Waals surface area contributed by atoms with Gasteiger partial charge in [0, 0.05) is 17.0 Å². The largest absolute Gasteiger partial charge is 0.493 e. The molecule has 0 unspecified atom stereocenters. The second-order valence-electron chi connectivity index (χ2n) is 7.81. The Morgan fingerprint density at radius 1 is 1.12 bits per heavy atom. The third-order valence-electron chi connectivity index (χ3n) is 5.46. The number of anilines is 1. The molecule has 0 aliphatic heterocycles. The van der Waals surface area contributed by atoms with Gasteiger partial charge in [0.1, 0.15) is 0 Å². The van der Waals surface area contributed by atoms with E-state index in [4.69, 9.17) is 9.47 Å². The minimum Gasteiger partial charge on any atom is -0.493 e. The third kappa shape index (κ3) is 5.37. The normalized spacial score (nSPS) is 13.1. The summed E-state index contributed by atoms with van der Waals surface area (Å²) in [6.07, 6.45) is 9.01. The summed E-state index contributed by atoms with van der Waals surface area (Å²) >= 11 is 1.43. The van der Waals surface area contributed by atoms with Gasteiger partial charge in [-0.25, -0.2) is 4.98 Å². The number of methoxy groups -OCH3 is 1. The number of hydrogen-bond donors (Lipinski definition) is 1. The average Bonchev–Trinajstić information content (AvgIpc) is 3.29. The Morgan fingerprint density at radius 2 is 1.97 bits per heavy atom. The highest BCUT2D eigenvalue weighted by Crippen LogP contribution is 2.30. The van der Waals surface area contributed by atoms with Gasteiger partial charge in [0.2, 0.25) is 5.91 Å². The zero-order chi connectivity index (χ0) is 22.3. The molecule has 0 radical (unpaired) electrons. The summed E-state index contributed by atoms with van der Waals surface area (Å²) in [6, 6.07) is 12.2. The summed E-state index contributed by atoms with van der Waals surface area (Å²) in [5.41, 5.74) is 5.74. The standard InChI is InChI=1S/C26H28N2O3S/c1-3-14-31-23-12-8-18(15-24(23)30-2)9-13-25(29)28-26-27-22(17-32-26)21-11-10-19-6-4-5-7-20(19)16-21/h8-13,15-17H,3-7,14H2,1-2H3,(H,27,28,29)/b13-9+. The number of carbonyl (C=O) groups is 1. The molecule has 3 aromatic rings. The van der Waals surface area contributed by atoms with E-state index in [0.717, 1.165) is 29.7 Å². The highest BCUT2D eigenvalue weighted by molar-refractivity contribution is 7.14. The molecule has 1 N–H and O–H groups in total. The zero-order valence-electron chi connectivity index (χ0n) is 18.5. The molecular formula is C26H28N2O3S. The number of thiazole rings is 1. The van der Waals surface area contributed by atoms with Gasteiger partial charge in [-0.3, -0.25) is 10.1 Å². The van der Waals surface area contributed by atoms with Gasteiger partial charge in [0.25, 0.3) is 0 Å². The molecule has 0 bridgehead atoms. The van der Waals surface area contributed by atoms with E-state index in [2.05, 4.69) is 35.4 Å². The Morgan fingerprint density at radius 3 is 2.78 bits per heavy atom. The topological polar surface area (TPSA) is 60.5 Å².